The van der Waals surface area contributed by atoms with Crippen molar-refractivity contribution < 1.29 is 39.3 Å². The highest BCUT2D eigenvalue weighted by molar-refractivity contribution is 6.21. The van der Waals surface area contributed by atoms with Crippen LogP contribution in [0, 0.1) is 17.8 Å². The van der Waals surface area contributed by atoms with Crippen LogP contribution in [0.25, 0.3) is 5.76 Å². The fourth-order valence-corrected chi connectivity index (χ4v) is 6.26. The van der Waals surface area contributed by atoms with Gasteiger partial charge in [0.05, 0.1) is 17.2 Å². The Hall–Kier alpha value is -5.13. The number of urea groups is 1. The highest BCUT2D eigenvalue weighted by atomic mass is 16.3. The van der Waals surface area contributed by atoms with Gasteiger partial charge in [-0.1, -0.05) is 0 Å². The molecule has 1 saturated carbocycles. The number of nitrogens with zero attached hydrogens (tertiary/aromatic N) is 1. The SMILES string of the molecule is CC(=O)c1ccc(NC(=O)Nc2cc(N(C)C)c3c(c2O)C(O)=C2C(=O)C4C(O)=C(C(N)=O)C(=O)CC4CC2C3)cc1. The predicted molar refractivity (Wildman–Crippen MR) is 153 cm³/mol. The Morgan fingerprint density at radius 2 is 1.67 bits per heavy atom. The van der Waals surface area contributed by atoms with Crippen LogP contribution in [0.15, 0.2) is 47.2 Å². The van der Waals surface area contributed by atoms with Gasteiger partial charge in [-0.2, -0.15) is 0 Å². The molecule has 42 heavy (non-hydrogen) atoms. The molecule has 3 aliphatic rings. The van der Waals surface area contributed by atoms with E-state index in [1.54, 1.807) is 49.3 Å². The molecule has 12 heteroatoms. The first kappa shape index (κ1) is 28.4. The highest BCUT2D eigenvalue weighted by Crippen LogP contribution is 2.52. The number of benzene rings is 2. The van der Waals surface area contributed by atoms with Gasteiger partial charge in [-0.05, 0) is 67.5 Å². The molecular weight excluding hydrogens is 544 g/mol. The van der Waals surface area contributed by atoms with Gasteiger partial charge in [0, 0.05) is 43.0 Å². The normalized spacial score (nSPS) is 21.3. The standard InChI is InChI=1S/C30H30N4O8/c1-12(35)13-4-6-16(7-5-13)32-30(42)33-18-11-19(34(2)3)17-9-14-8-15-10-20(36)24(29(31)41)28(40)22(15)26(38)21(14)27(39)23(17)25(18)37/h4-7,11,14-15,22,37,39-40H,8-10H2,1-3H3,(H2,31,41)(H2,32,33,42). The minimum atomic E-state index is -1.22. The number of Topliss-reactive ketones (excluding diaryl/α,β-unsaturated/α-hetero) is 3. The monoisotopic (exact) mass is 574 g/mol. The first-order valence-corrected chi connectivity index (χ1v) is 13.3. The van der Waals surface area contributed by atoms with E-state index in [1.165, 1.54) is 6.92 Å². The molecule has 2 aromatic rings. The van der Waals surface area contributed by atoms with E-state index in [9.17, 15) is 39.3 Å². The number of phenolic OH excluding ortho intramolecular Hbond substituents is 1. The lowest BCUT2D eigenvalue weighted by molar-refractivity contribution is -0.127. The summed E-state index contributed by atoms with van der Waals surface area (Å²) in [5.41, 5.74) is 6.56. The van der Waals surface area contributed by atoms with Crippen LogP contribution >= 0.6 is 0 Å². The quantitative estimate of drug-likeness (QED) is 0.176. The lowest BCUT2D eigenvalue weighted by Gasteiger charge is -2.41. The summed E-state index contributed by atoms with van der Waals surface area (Å²) in [6.07, 6.45) is 0.369. The molecule has 0 radical (unpaired) electrons. The van der Waals surface area contributed by atoms with E-state index in [0.29, 0.717) is 22.5 Å². The van der Waals surface area contributed by atoms with E-state index >= 15 is 0 Å². The molecule has 0 aliphatic heterocycles. The molecule has 0 heterocycles. The van der Waals surface area contributed by atoms with Crippen molar-refractivity contribution in [3.63, 3.8) is 0 Å². The van der Waals surface area contributed by atoms with E-state index in [1.807, 2.05) is 0 Å². The number of hydrogen-bond donors (Lipinski definition) is 6. The highest BCUT2D eigenvalue weighted by Gasteiger charge is 2.51. The van der Waals surface area contributed by atoms with Crippen LogP contribution in [0.1, 0.15) is 41.3 Å². The van der Waals surface area contributed by atoms with E-state index < -0.39 is 64.1 Å². The van der Waals surface area contributed by atoms with Gasteiger partial charge in [0.2, 0.25) is 0 Å². The van der Waals surface area contributed by atoms with Crippen molar-refractivity contribution >= 4 is 52.1 Å². The van der Waals surface area contributed by atoms with Crippen molar-refractivity contribution in [1.29, 1.82) is 0 Å². The summed E-state index contributed by atoms with van der Waals surface area (Å²) in [5.74, 6) is -6.52. The predicted octanol–water partition coefficient (Wildman–Crippen LogP) is 3.22. The number of aliphatic hydroxyl groups is 2. The number of amides is 3. The fourth-order valence-electron chi connectivity index (χ4n) is 6.26. The van der Waals surface area contributed by atoms with E-state index in [0.717, 1.165) is 0 Å². The molecule has 3 unspecified atom stereocenters. The molecule has 218 valence electrons. The van der Waals surface area contributed by atoms with Gasteiger partial charge in [-0.3, -0.25) is 19.2 Å². The number of aromatic hydroxyl groups is 1. The Kier molecular flexibility index (Phi) is 7.01. The summed E-state index contributed by atoms with van der Waals surface area (Å²) >= 11 is 0. The summed E-state index contributed by atoms with van der Waals surface area (Å²) in [6.45, 7) is 1.43. The third-order valence-electron chi connectivity index (χ3n) is 8.14. The maximum Gasteiger partial charge on any atom is 0.323 e. The summed E-state index contributed by atoms with van der Waals surface area (Å²) in [6, 6.07) is 7.08. The zero-order chi connectivity index (χ0) is 30.6. The summed E-state index contributed by atoms with van der Waals surface area (Å²) in [7, 11) is 3.50. The van der Waals surface area contributed by atoms with Gasteiger partial charge in [0.25, 0.3) is 5.91 Å². The zero-order valence-corrected chi connectivity index (χ0v) is 23.1. The van der Waals surface area contributed by atoms with Crippen LogP contribution in [0.3, 0.4) is 0 Å². The number of nitrogens with two attached hydrogens (primary N) is 1. The fraction of sp³-hybridized carbons (Fsp3) is 0.300. The molecule has 0 bridgehead atoms. The van der Waals surface area contributed by atoms with Crippen LogP contribution in [-0.4, -0.2) is 58.7 Å². The number of phenols is 1. The summed E-state index contributed by atoms with van der Waals surface area (Å²) in [4.78, 5) is 64.1. The number of carbonyl (C=O) groups excluding carboxylic acids is 5. The van der Waals surface area contributed by atoms with E-state index in [-0.39, 0.29) is 41.9 Å². The number of rotatable bonds is 5. The number of hydrogen-bond acceptors (Lipinski definition) is 9. The van der Waals surface area contributed by atoms with E-state index in [4.69, 9.17) is 5.73 Å². The molecule has 5 rings (SSSR count). The second-order valence-electron chi connectivity index (χ2n) is 11.0. The largest absolute Gasteiger partial charge is 0.511 e. The zero-order valence-electron chi connectivity index (χ0n) is 23.1. The van der Waals surface area contributed by atoms with Crippen molar-refractivity contribution in [2.75, 3.05) is 29.6 Å². The van der Waals surface area contributed by atoms with Crippen LogP contribution in [0.4, 0.5) is 21.9 Å². The molecule has 3 aliphatic carbocycles. The number of primary amides is 1. The Balaban J connectivity index is 1.53. The Morgan fingerprint density at radius 1 is 1.00 bits per heavy atom. The number of fused-ring (bicyclic) bond motifs is 3. The van der Waals surface area contributed by atoms with Crippen LogP contribution < -0.4 is 21.3 Å². The van der Waals surface area contributed by atoms with Crippen molar-refractivity contribution in [3.05, 3.63) is 63.9 Å². The van der Waals surface area contributed by atoms with Gasteiger partial charge in [0.1, 0.15) is 17.1 Å². The topological polar surface area (TPSA) is 199 Å². The lowest BCUT2D eigenvalue weighted by atomic mass is 9.61. The molecule has 7 N–H and O–H groups in total. The second-order valence-corrected chi connectivity index (χ2v) is 11.0. The van der Waals surface area contributed by atoms with Gasteiger partial charge >= 0.3 is 6.03 Å². The summed E-state index contributed by atoms with van der Waals surface area (Å²) in [5, 5.41) is 38.6. The number of nitrogens with one attached hydrogen (secondary N) is 2. The number of anilines is 3. The van der Waals surface area contributed by atoms with Crippen LogP contribution in [0.5, 0.6) is 5.75 Å². The molecule has 12 nitrogen and oxygen atoms in total. The number of aliphatic hydroxyl groups excluding tert-OH is 2. The third-order valence-corrected chi connectivity index (χ3v) is 8.14. The Labute approximate surface area is 240 Å². The van der Waals surface area contributed by atoms with Crippen molar-refractivity contribution in [1.82, 2.24) is 0 Å². The van der Waals surface area contributed by atoms with E-state index in [2.05, 4.69) is 10.6 Å². The van der Waals surface area contributed by atoms with Gasteiger partial charge in [-0.15, -0.1) is 0 Å². The summed E-state index contributed by atoms with van der Waals surface area (Å²) < 4.78 is 0. The first-order valence-electron chi connectivity index (χ1n) is 13.3. The minimum Gasteiger partial charge on any atom is -0.511 e. The molecule has 3 atom stereocenters. The van der Waals surface area contributed by atoms with Crippen LogP contribution in [0.2, 0.25) is 0 Å². The van der Waals surface area contributed by atoms with Gasteiger partial charge < -0.3 is 36.6 Å². The Morgan fingerprint density at radius 3 is 2.26 bits per heavy atom. The van der Waals surface area contributed by atoms with Gasteiger partial charge in [-0.25, -0.2) is 4.79 Å². The minimum absolute atomic E-state index is 0.0272. The van der Waals surface area contributed by atoms with Gasteiger partial charge in [0.15, 0.2) is 23.1 Å². The smallest absolute Gasteiger partial charge is 0.323 e. The average molecular weight is 575 g/mol. The van der Waals surface area contributed by atoms with Crippen molar-refractivity contribution in [2.24, 2.45) is 23.5 Å². The number of carbonyl (C=O) groups is 5. The molecule has 0 spiro atoms. The van der Waals surface area contributed by atoms with Crippen molar-refractivity contribution in [2.45, 2.75) is 26.2 Å². The maximum atomic E-state index is 13.7. The maximum absolute atomic E-state index is 13.7. The third kappa shape index (κ3) is 4.64. The molecule has 2 aromatic carbocycles. The molecule has 0 saturated heterocycles. The number of allylic oxidation sites excluding steroid dienone is 2. The average Bonchev–Trinajstić information content (AvgIpc) is 2.89. The van der Waals surface area contributed by atoms with Crippen LogP contribution in [-0.2, 0) is 20.8 Å². The molecule has 1 fully saturated rings. The second kappa shape index (κ2) is 10.4. The molecule has 3 amide bonds. The first-order chi connectivity index (χ1) is 19.8. The lowest BCUT2D eigenvalue weighted by Crippen LogP contribution is -2.44. The number of ketones is 3. The Bertz CT molecular complexity index is 1640. The molecule has 0 aromatic heterocycles. The molecular formula is C30H30N4O8. The van der Waals surface area contributed by atoms with Crippen molar-refractivity contribution in [3.8, 4) is 5.75 Å².